The molecule has 2 heterocycles. The van der Waals surface area contributed by atoms with Crippen LogP contribution in [0.2, 0.25) is 0 Å². The van der Waals surface area contributed by atoms with Crippen LogP contribution in [-0.4, -0.2) is 43.6 Å². The molecule has 1 amide bonds. The zero-order valence-corrected chi connectivity index (χ0v) is 12.5. The number of aromatic nitrogens is 3. The molecule has 0 saturated carbocycles. The first-order chi connectivity index (χ1) is 11.3. The Morgan fingerprint density at radius 2 is 2.00 bits per heavy atom. The van der Waals surface area contributed by atoms with Crippen LogP contribution in [-0.2, 0) is 17.5 Å². The highest BCUT2D eigenvalue weighted by Gasteiger charge is 2.36. The zero-order valence-electron chi connectivity index (χ0n) is 12.5. The Morgan fingerprint density at radius 1 is 1.29 bits per heavy atom. The molecule has 1 N–H and O–H groups in total. The monoisotopic (exact) mass is 340 g/mol. The summed E-state index contributed by atoms with van der Waals surface area (Å²) in [5, 5.41) is 17.2. The number of benzene rings is 1. The summed E-state index contributed by atoms with van der Waals surface area (Å²) in [7, 11) is 0. The van der Waals surface area contributed by atoms with Crippen LogP contribution < -0.4 is 0 Å². The van der Waals surface area contributed by atoms with Crippen LogP contribution in [0.3, 0.4) is 0 Å². The van der Waals surface area contributed by atoms with E-state index in [9.17, 15) is 23.1 Å². The smallest absolute Gasteiger partial charge is 0.391 e. The Bertz CT molecular complexity index is 701. The quantitative estimate of drug-likeness (QED) is 0.922. The Kier molecular flexibility index (Phi) is 4.27. The van der Waals surface area contributed by atoms with Gasteiger partial charge in [0.05, 0.1) is 23.9 Å². The second kappa shape index (κ2) is 6.23. The van der Waals surface area contributed by atoms with Crippen molar-refractivity contribution in [2.75, 3.05) is 6.54 Å². The summed E-state index contributed by atoms with van der Waals surface area (Å²) in [6.07, 6.45) is -1.85. The van der Waals surface area contributed by atoms with Gasteiger partial charge in [-0.05, 0) is 24.1 Å². The largest absolute Gasteiger partial charge is 0.416 e. The van der Waals surface area contributed by atoms with E-state index in [4.69, 9.17) is 0 Å². The summed E-state index contributed by atoms with van der Waals surface area (Å²) in [4.78, 5) is 13.9. The lowest BCUT2D eigenvalue weighted by Gasteiger charge is -2.25. The molecule has 128 valence electrons. The van der Waals surface area contributed by atoms with Gasteiger partial charge in [0.15, 0.2) is 0 Å². The summed E-state index contributed by atoms with van der Waals surface area (Å²) in [6, 6.07) is 4.21. The standard InChI is InChI=1S/C15H15F3N4O2/c16-15(17,18)11-3-1-10(2-4-11)13-7-12(23)8-22(13)14(24)9-21-6-5-19-20-21/h1-6,12-13,23H,7-9H2. The summed E-state index contributed by atoms with van der Waals surface area (Å²) < 4.78 is 39.3. The lowest BCUT2D eigenvalue weighted by Crippen LogP contribution is -2.34. The van der Waals surface area contributed by atoms with E-state index in [-0.39, 0.29) is 25.4 Å². The lowest BCUT2D eigenvalue weighted by molar-refractivity contribution is -0.137. The van der Waals surface area contributed by atoms with E-state index in [2.05, 4.69) is 10.3 Å². The number of hydrogen-bond acceptors (Lipinski definition) is 4. The molecule has 0 bridgehead atoms. The fourth-order valence-corrected chi connectivity index (χ4v) is 2.85. The van der Waals surface area contributed by atoms with Crippen molar-refractivity contribution in [3.05, 3.63) is 47.8 Å². The molecule has 3 rings (SSSR count). The predicted molar refractivity (Wildman–Crippen MR) is 76.5 cm³/mol. The highest BCUT2D eigenvalue weighted by atomic mass is 19.4. The van der Waals surface area contributed by atoms with Gasteiger partial charge in [-0.2, -0.15) is 13.2 Å². The Labute approximate surface area is 135 Å². The molecule has 2 aromatic rings. The Hall–Kier alpha value is -2.42. The van der Waals surface area contributed by atoms with E-state index >= 15 is 0 Å². The lowest BCUT2D eigenvalue weighted by atomic mass is 10.0. The van der Waals surface area contributed by atoms with E-state index in [1.807, 2.05) is 0 Å². The highest BCUT2D eigenvalue weighted by Crippen LogP contribution is 2.35. The fourth-order valence-electron chi connectivity index (χ4n) is 2.85. The molecular formula is C15H15F3N4O2. The zero-order chi connectivity index (χ0) is 17.3. The van der Waals surface area contributed by atoms with Crippen LogP contribution in [0.5, 0.6) is 0 Å². The van der Waals surface area contributed by atoms with Gasteiger partial charge in [-0.15, -0.1) is 5.10 Å². The minimum Gasteiger partial charge on any atom is -0.391 e. The van der Waals surface area contributed by atoms with E-state index in [1.54, 1.807) is 0 Å². The van der Waals surface area contributed by atoms with Gasteiger partial charge in [-0.3, -0.25) is 4.79 Å². The van der Waals surface area contributed by atoms with Crippen molar-refractivity contribution in [3.8, 4) is 0 Å². The minimum atomic E-state index is -4.41. The van der Waals surface area contributed by atoms with Gasteiger partial charge in [0, 0.05) is 12.7 Å². The summed E-state index contributed by atoms with van der Waals surface area (Å²) in [5.41, 5.74) is -0.184. The molecule has 1 aliphatic rings. The molecule has 2 unspecified atom stereocenters. The molecule has 9 heteroatoms. The molecule has 0 aliphatic carbocycles. The minimum absolute atomic E-state index is 0.0378. The fraction of sp³-hybridized carbons (Fsp3) is 0.400. The molecule has 1 aromatic heterocycles. The number of aliphatic hydroxyl groups excluding tert-OH is 1. The van der Waals surface area contributed by atoms with Crippen LogP contribution in [0.25, 0.3) is 0 Å². The molecule has 1 fully saturated rings. The van der Waals surface area contributed by atoms with Crippen LogP contribution in [0.4, 0.5) is 13.2 Å². The normalized spacial score (nSPS) is 21.2. The average molecular weight is 340 g/mol. The van der Waals surface area contributed by atoms with Crippen molar-refractivity contribution in [1.29, 1.82) is 0 Å². The highest BCUT2D eigenvalue weighted by molar-refractivity contribution is 5.77. The third-order valence-electron chi connectivity index (χ3n) is 3.99. The number of nitrogens with zero attached hydrogens (tertiary/aromatic N) is 4. The van der Waals surface area contributed by atoms with Gasteiger partial charge in [-0.25, -0.2) is 4.68 Å². The number of β-amino-alcohol motifs (C(OH)–C–C–N with tert-alkyl or cyclic N) is 1. The molecule has 0 radical (unpaired) electrons. The maximum absolute atomic E-state index is 12.7. The molecule has 1 saturated heterocycles. The number of halogens is 3. The number of carbonyl (C=O) groups is 1. The second-order valence-corrected chi connectivity index (χ2v) is 5.67. The first-order valence-corrected chi connectivity index (χ1v) is 7.33. The third-order valence-corrected chi connectivity index (χ3v) is 3.99. The number of carbonyl (C=O) groups excluding carboxylic acids is 1. The first kappa shape index (κ1) is 16.4. The molecule has 1 aliphatic heterocycles. The van der Waals surface area contributed by atoms with Gasteiger partial charge in [0.25, 0.3) is 0 Å². The van der Waals surface area contributed by atoms with Crippen LogP contribution in [0.1, 0.15) is 23.6 Å². The van der Waals surface area contributed by atoms with Crippen molar-refractivity contribution in [3.63, 3.8) is 0 Å². The number of likely N-dealkylation sites (tertiary alicyclic amines) is 1. The molecule has 24 heavy (non-hydrogen) atoms. The van der Waals surface area contributed by atoms with Crippen molar-refractivity contribution < 1.29 is 23.1 Å². The molecule has 2 atom stereocenters. The SMILES string of the molecule is O=C(Cn1ccnn1)N1CC(O)CC1c1ccc(C(F)(F)F)cc1. The van der Waals surface area contributed by atoms with Crippen molar-refractivity contribution in [1.82, 2.24) is 19.9 Å². The summed E-state index contributed by atoms with van der Waals surface area (Å²) in [6.45, 7) is 0.100. The Balaban J connectivity index is 1.78. The summed E-state index contributed by atoms with van der Waals surface area (Å²) >= 11 is 0. The van der Waals surface area contributed by atoms with E-state index in [0.29, 0.717) is 5.56 Å². The average Bonchev–Trinajstić information content (AvgIpc) is 3.16. The number of aliphatic hydroxyl groups is 1. The van der Waals surface area contributed by atoms with Crippen LogP contribution in [0, 0.1) is 0 Å². The van der Waals surface area contributed by atoms with Crippen molar-refractivity contribution >= 4 is 5.91 Å². The molecule has 0 spiro atoms. The van der Waals surface area contributed by atoms with Gasteiger partial charge in [0.2, 0.25) is 5.91 Å². The predicted octanol–water partition coefficient (Wildman–Crippen LogP) is 1.63. The summed E-state index contributed by atoms with van der Waals surface area (Å²) in [5.74, 6) is -0.276. The van der Waals surface area contributed by atoms with Crippen LogP contribution in [0.15, 0.2) is 36.7 Å². The van der Waals surface area contributed by atoms with Gasteiger partial charge in [0.1, 0.15) is 6.54 Å². The number of hydrogen-bond donors (Lipinski definition) is 1. The first-order valence-electron chi connectivity index (χ1n) is 7.33. The van der Waals surface area contributed by atoms with Gasteiger partial charge < -0.3 is 10.0 Å². The molecule has 6 nitrogen and oxygen atoms in total. The van der Waals surface area contributed by atoms with Crippen molar-refractivity contribution in [2.45, 2.75) is 31.3 Å². The van der Waals surface area contributed by atoms with E-state index in [0.717, 1.165) is 12.1 Å². The maximum Gasteiger partial charge on any atom is 0.416 e. The molecule has 1 aromatic carbocycles. The molecular weight excluding hydrogens is 325 g/mol. The van der Waals surface area contributed by atoms with E-state index < -0.39 is 23.9 Å². The van der Waals surface area contributed by atoms with Crippen LogP contribution >= 0.6 is 0 Å². The Morgan fingerprint density at radius 3 is 2.58 bits per heavy atom. The van der Waals surface area contributed by atoms with E-state index in [1.165, 1.54) is 34.1 Å². The third kappa shape index (κ3) is 3.40. The number of alkyl halides is 3. The van der Waals surface area contributed by atoms with Crippen molar-refractivity contribution in [2.24, 2.45) is 0 Å². The second-order valence-electron chi connectivity index (χ2n) is 5.67. The number of rotatable bonds is 3. The maximum atomic E-state index is 12.7. The number of amides is 1. The van der Waals surface area contributed by atoms with Gasteiger partial charge in [-0.1, -0.05) is 17.3 Å². The topological polar surface area (TPSA) is 71.2 Å². The van der Waals surface area contributed by atoms with Gasteiger partial charge >= 0.3 is 6.18 Å².